The predicted octanol–water partition coefficient (Wildman–Crippen LogP) is 5.40. The van der Waals surface area contributed by atoms with Gasteiger partial charge in [0.15, 0.2) is 0 Å². The number of amides is 2. The first-order valence-corrected chi connectivity index (χ1v) is 13.2. The Morgan fingerprint density at radius 3 is 2.58 bits per heavy atom. The molecular weight excluding hydrogens is 508 g/mol. The number of methoxy groups -OCH3 is 2. The summed E-state index contributed by atoms with van der Waals surface area (Å²) in [6, 6.07) is 11.9. The van der Waals surface area contributed by atoms with E-state index in [2.05, 4.69) is 10.1 Å². The van der Waals surface area contributed by atoms with Crippen LogP contribution in [0.15, 0.2) is 47.0 Å². The van der Waals surface area contributed by atoms with Gasteiger partial charge in [0.05, 0.1) is 14.2 Å². The summed E-state index contributed by atoms with van der Waals surface area (Å²) >= 11 is 6.12. The Labute approximate surface area is 227 Å². The maximum absolute atomic E-state index is 13.6. The fourth-order valence-electron chi connectivity index (χ4n) is 4.57. The minimum Gasteiger partial charge on any atom is -0.497 e. The van der Waals surface area contributed by atoms with Gasteiger partial charge in [-0.3, -0.25) is 9.59 Å². The van der Waals surface area contributed by atoms with Gasteiger partial charge in [0.2, 0.25) is 17.6 Å². The lowest BCUT2D eigenvalue weighted by Crippen LogP contribution is -2.46. The lowest BCUT2D eigenvalue weighted by atomic mass is 10.0. The second-order valence-corrected chi connectivity index (χ2v) is 9.68. The summed E-state index contributed by atoms with van der Waals surface area (Å²) in [6.07, 6.45) is 4.17. The number of carbonyl (C=O) groups is 2. The van der Waals surface area contributed by atoms with E-state index < -0.39 is 0 Å². The van der Waals surface area contributed by atoms with E-state index >= 15 is 0 Å². The fourth-order valence-corrected chi connectivity index (χ4v) is 4.76. The standard InChI is InChI=1S/C28H33ClN4O5/c1-4-5-12-32(28(35)20-15-22(36-2)17-23(16-20)37-3)18-25(34)33-13-7-6-11-24(33)27-30-26(31-38-27)19-9-8-10-21(29)14-19/h8-10,14-17,24H,4-7,11-13,18H2,1-3H3. The van der Waals surface area contributed by atoms with Gasteiger partial charge in [0, 0.05) is 35.3 Å². The maximum atomic E-state index is 13.6. The summed E-state index contributed by atoms with van der Waals surface area (Å²) in [5.74, 6) is 1.43. The second-order valence-electron chi connectivity index (χ2n) is 9.25. The van der Waals surface area contributed by atoms with Gasteiger partial charge in [-0.15, -0.1) is 0 Å². The Kier molecular flexibility index (Phi) is 9.23. The summed E-state index contributed by atoms with van der Waals surface area (Å²) < 4.78 is 16.3. The molecule has 1 fully saturated rings. The number of nitrogens with zero attached hydrogens (tertiary/aromatic N) is 4. The van der Waals surface area contributed by atoms with Crippen molar-refractivity contribution in [2.45, 2.75) is 45.1 Å². The third kappa shape index (κ3) is 6.45. The highest BCUT2D eigenvalue weighted by molar-refractivity contribution is 6.30. The van der Waals surface area contributed by atoms with E-state index in [1.165, 1.54) is 14.2 Å². The van der Waals surface area contributed by atoms with Crippen LogP contribution in [0, 0.1) is 0 Å². The molecule has 10 heteroatoms. The molecule has 1 saturated heterocycles. The molecule has 1 aliphatic rings. The van der Waals surface area contributed by atoms with E-state index in [-0.39, 0.29) is 24.4 Å². The molecule has 1 aliphatic heterocycles. The number of hydrogen-bond donors (Lipinski definition) is 0. The quantitative estimate of drug-likeness (QED) is 0.339. The first kappa shape index (κ1) is 27.4. The normalized spacial score (nSPS) is 15.3. The number of unbranched alkanes of at least 4 members (excludes halogenated alkanes) is 1. The van der Waals surface area contributed by atoms with Gasteiger partial charge in [-0.25, -0.2) is 0 Å². The van der Waals surface area contributed by atoms with Crippen LogP contribution in [0.5, 0.6) is 11.5 Å². The van der Waals surface area contributed by atoms with Crippen LogP contribution in [-0.2, 0) is 4.79 Å². The van der Waals surface area contributed by atoms with Crippen molar-refractivity contribution in [3.05, 3.63) is 58.9 Å². The molecule has 202 valence electrons. The Morgan fingerprint density at radius 2 is 1.89 bits per heavy atom. The first-order valence-electron chi connectivity index (χ1n) is 12.8. The van der Waals surface area contributed by atoms with Gasteiger partial charge in [-0.05, 0) is 49.9 Å². The van der Waals surface area contributed by atoms with Crippen molar-refractivity contribution >= 4 is 23.4 Å². The number of rotatable bonds is 10. The fraction of sp³-hybridized carbons (Fsp3) is 0.429. The monoisotopic (exact) mass is 540 g/mol. The molecule has 2 aromatic carbocycles. The lowest BCUT2D eigenvalue weighted by molar-refractivity contribution is -0.136. The summed E-state index contributed by atoms with van der Waals surface area (Å²) in [5, 5.41) is 4.71. The van der Waals surface area contributed by atoms with Crippen LogP contribution in [0.25, 0.3) is 11.4 Å². The van der Waals surface area contributed by atoms with Crippen LogP contribution in [0.3, 0.4) is 0 Å². The van der Waals surface area contributed by atoms with Crippen LogP contribution >= 0.6 is 11.6 Å². The van der Waals surface area contributed by atoms with E-state index in [9.17, 15) is 9.59 Å². The van der Waals surface area contributed by atoms with Gasteiger partial charge in [0.25, 0.3) is 5.91 Å². The van der Waals surface area contributed by atoms with Crippen LogP contribution in [-0.4, -0.2) is 65.6 Å². The zero-order valence-corrected chi connectivity index (χ0v) is 22.7. The molecule has 0 N–H and O–H groups in total. The first-order chi connectivity index (χ1) is 18.4. The summed E-state index contributed by atoms with van der Waals surface area (Å²) in [4.78, 5) is 35.1. The van der Waals surface area contributed by atoms with Gasteiger partial charge >= 0.3 is 0 Å². The molecule has 1 aromatic heterocycles. The Morgan fingerprint density at radius 1 is 1.13 bits per heavy atom. The molecule has 4 rings (SSSR count). The van der Waals surface area contributed by atoms with Crippen LogP contribution in [0.1, 0.15) is 61.3 Å². The molecule has 0 bridgehead atoms. The van der Waals surface area contributed by atoms with Crippen molar-refractivity contribution in [2.75, 3.05) is 33.9 Å². The third-order valence-electron chi connectivity index (χ3n) is 6.63. The van der Waals surface area contributed by atoms with Crippen molar-refractivity contribution in [2.24, 2.45) is 0 Å². The zero-order chi connectivity index (χ0) is 27.1. The number of hydrogen-bond acceptors (Lipinski definition) is 7. The topological polar surface area (TPSA) is 98.0 Å². The van der Waals surface area contributed by atoms with E-state index in [0.717, 1.165) is 31.2 Å². The highest BCUT2D eigenvalue weighted by Crippen LogP contribution is 2.32. The SMILES string of the molecule is CCCCN(CC(=O)N1CCCCC1c1nc(-c2cccc(Cl)c2)no1)C(=O)c1cc(OC)cc(OC)c1. The van der Waals surface area contributed by atoms with Crippen LogP contribution in [0.4, 0.5) is 0 Å². The molecular formula is C28H33ClN4O5. The van der Waals surface area contributed by atoms with Crippen LogP contribution < -0.4 is 9.47 Å². The molecule has 0 aliphatic carbocycles. The van der Waals surface area contributed by atoms with Crippen molar-refractivity contribution in [3.63, 3.8) is 0 Å². The minimum atomic E-state index is -0.350. The largest absolute Gasteiger partial charge is 0.497 e. The molecule has 2 heterocycles. The number of halogens is 1. The number of aromatic nitrogens is 2. The summed E-state index contributed by atoms with van der Waals surface area (Å²) in [5.41, 5.74) is 1.15. The van der Waals surface area contributed by atoms with Crippen molar-refractivity contribution < 1.29 is 23.6 Å². The summed E-state index contributed by atoms with van der Waals surface area (Å²) in [6.45, 7) is 3.01. The predicted molar refractivity (Wildman–Crippen MR) is 143 cm³/mol. The molecule has 38 heavy (non-hydrogen) atoms. The number of ether oxygens (including phenoxy) is 2. The van der Waals surface area contributed by atoms with E-state index in [4.69, 9.17) is 25.6 Å². The minimum absolute atomic E-state index is 0.0514. The second kappa shape index (κ2) is 12.8. The van der Waals surface area contributed by atoms with E-state index in [1.807, 2.05) is 19.1 Å². The number of carbonyl (C=O) groups excluding carboxylic acids is 2. The van der Waals surface area contributed by atoms with Crippen molar-refractivity contribution in [3.8, 4) is 22.9 Å². The maximum Gasteiger partial charge on any atom is 0.254 e. The number of piperidine rings is 1. The van der Waals surface area contributed by atoms with Crippen molar-refractivity contribution in [1.29, 1.82) is 0 Å². The Balaban J connectivity index is 1.54. The molecule has 0 radical (unpaired) electrons. The smallest absolute Gasteiger partial charge is 0.254 e. The summed E-state index contributed by atoms with van der Waals surface area (Å²) in [7, 11) is 3.07. The van der Waals surface area contributed by atoms with E-state index in [1.54, 1.807) is 40.1 Å². The highest BCUT2D eigenvalue weighted by Gasteiger charge is 2.34. The molecule has 3 aromatic rings. The molecule has 2 amide bonds. The third-order valence-corrected chi connectivity index (χ3v) is 6.86. The molecule has 1 atom stereocenters. The zero-order valence-electron chi connectivity index (χ0n) is 22.0. The molecule has 1 unspecified atom stereocenters. The number of likely N-dealkylation sites (tertiary alicyclic amines) is 1. The van der Waals surface area contributed by atoms with Gasteiger partial charge in [-0.2, -0.15) is 4.98 Å². The van der Waals surface area contributed by atoms with Gasteiger partial charge < -0.3 is 23.8 Å². The van der Waals surface area contributed by atoms with Crippen LogP contribution in [0.2, 0.25) is 5.02 Å². The van der Waals surface area contributed by atoms with Crippen molar-refractivity contribution in [1.82, 2.24) is 19.9 Å². The van der Waals surface area contributed by atoms with Gasteiger partial charge in [-0.1, -0.05) is 42.2 Å². The highest BCUT2D eigenvalue weighted by atomic mass is 35.5. The Hall–Kier alpha value is -3.59. The molecule has 0 saturated carbocycles. The average molecular weight is 541 g/mol. The molecule has 0 spiro atoms. The molecule has 9 nitrogen and oxygen atoms in total. The lowest BCUT2D eigenvalue weighted by Gasteiger charge is -2.35. The Bertz CT molecular complexity index is 1240. The van der Waals surface area contributed by atoms with E-state index in [0.29, 0.717) is 53.3 Å². The average Bonchev–Trinajstić information content (AvgIpc) is 3.45. The van der Waals surface area contributed by atoms with Gasteiger partial charge in [0.1, 0.15) is 24.1 Å². The number of benzene rings is 2.